The molecule has 266 valence electrons. The zero-order valence-electron chi connectivity index (χ0n) is 32.0. The summed E-state index contributed by atoms with van der Waals surface area (Å²) in [5.41, 5.74) is 14.5. The van der Waals surface area contributed by atoms with E-state index < -0.39 is 0 Å². The number of hydrogen-bond acceptors (Lipinski definition) is 4. The summed E-state index contributed by atoms with van der Waals surface area (Å²) in [6.07, 6.45) is 6.02. The second kappa shape index (κ2) is 13.6. The van der Waals surface area contributed by atoms with E-state index in [0.29, 0.717) is 11.4 Å². The standard InChI is InChI=1S/C48H49N5/c1-29(51-8)36-18-14-19-37(44(36)49)32-23-31(30-15-10-9-11-16-30)24-35(25-32)52-42-20-13-12-17-38(42)45(50)41-28-34(48(5,6)7)27-40-39-26-33(47(2,3)4)21-22-43(39)53-46(40)41/h9-28,49-53H,1-8H3/b36-29-,49-44?,50-45?. The number of nitrogens with one attached hydrogen (secondary N) is 5. The molecule has 5 nitrogen and oxygen atoms in total. The van der Waals surface area contributed by atoms with Crippen molar-refractivity contribution in [3.05, 3.63) is 160 Å². The van der Waals surface area contributed by atoms with Gasteiger partial charge in [-0.05, 0) is 94.1 Å². The maximum Gasteiger partial charge on any atom is 0.0726 e. The van der Waals surface area contributed by atoms with Crippen LogP contribution in [0.2, 0.25) is 0 Å². The number of aromatic amines is 1. The van der Waals surface area contributed by atoms with Gasteiger partial charge >= 0.3 is 0 Å². The van der Waals surface area contributed by atoms with Gasteiger partial charge in [0.1, 0.15) is 0 Å². The van der Waals surface area contributed by atoms with Crippen LogP contribution in [0.3, 0.4) is 0 Å². The molecular formula is C48H49N5. The van der Waals surface area contributed by atoms with Crippen LogP contribution in [0.5, 0.6) is 0 Å². The van der Waals surface area contributed by atoms with Gasteiger partial charge in [0.25, 0.3) is 0 Å². The highest BCUT2D eigenvalue weighted by molar-refractivity contribution is 6.33. The van der Waals surface area contributed by atoms with Gasteiger partial charge in [-0.2, -0.15) is 0 Å². The van der Waals surface area contributed by atoms with E-state index in [1.807, 2.05) is 74.7 Å². The second-order valence-corrected chi connectivity index (χ2v) is 16.1. The van der Waals surface area contributed by atoms with Crippen molar-refractivity contribution < 1.29 is 0 Å². The minimum absolute atomic E-state index is 0.0202. The Morgan fingerprint density at radius 3 is 2.08 bits per heavy atom. The molecule has 1 aliphatic rings. The Labute approximate surface area is 313 Å². The molecule has 5 N–H and O–H groups in total. The van der Waals surface area contributed by atoms with Crippen LogP contribution in [-0.2, 0) is 10.8 Å². The molecule has 53 heavy (non-hydrogen) atoms. The first-order chi connectivity index (χ1) is 25.2. The van der Waals surface area contributed by atoms with Crippen molar-refractivity contribution in [2.45, 2.75) is 59.3 Å². The molecule has 0 saturated heterocycles. The van der Waals surface area contributed by atoms with Gasteiger partial charge in [-0.25, -0.2) is 0 Å². The first kappa shape index (κ1) is 35.5. The average Bonchev–Trinajstić information content (AvgIpc) is 3.52. The largest absolute Gasteiger partial charge is 0.391 e. The SMILES string of the molecule is CN/C(C)=C1/C=CC=C(c2cc(Nc3ccccc3C(=N)c3cc(C(C)(C)C)cc4c3[nH]c3ccc(C(C)(C)C)cc34)cc(-c3ccccc3)c2)C1=N. The van der Waals surface area contributed by atoms with E-state index in [1.54, 1.807) is 0 Å². The monoisotopic (exact) mass is 695 g/mol. The Bertz CT molecular complexity index is 2510. The molecule has 1 aromatic heterocycles. The molecule has 0 spiro atoms. The van der Waals surface area contributed by atoms with Gasteiger partial charge in [-0.3, -0.25) is 10.8 Å². The molecule has 0 fully saturated rings. The van der Waals surface area contributed by atoms with Crippen LogP contribution in [-0.4, -0.2) is 23.5 Å². The third kappa shape index (κ3) is 6.87. The van der Waals surface area contributed by atoms with E-state index in [4.69, 9.17) is 5.41 Å². The molecule has 6 aromatic rings. The number of rotatable bonds is 7. The summed E-state index contributed by atoms with van der Waals surface area (Å²) in [7, 11) is 1.89. The molecule has 0 atom stereocenters. The minimum Gasteiger partial charge on any atom is -0.391 e. The minimum atomic E-state index is -0.113. The fraction of sp³-hybridized carbons (Fsp3) is 0.208. The topological polar surface area (TPSA) is 87.5 Å². The number of para-hydroxylation sites is 1. The molecule has 1 aliphatic carbocycles. The molecule has 5 heteroatoms. The molecule has 0 saturated carbocycles. The maximum absolute atomic E-state index is 9.85. The second-order valence-electron chi connectivity index (χ2n) is 16.1. The van der Waals surface area contributed by atoms with Crippen molar-refractivity contribution in [3.63, 3.8) is 0 Å². The lowest BCUT2D eigenvalue weighted by Crippen LogP contribution is -2.14. The summed E-state index contributed by atoms with van der Waals surface area (Å²) >= 11 is 0. The molecule has 0 aliphatic heterocycles. The zero-order chi connectivity index (χ0) is 37.7. The Kier molecular flexibility index (Phi) is 9.07. The smallest absolute Gasteiger partial charge is 0.0726 e. The normalized spacial score (nSPS) is 14.4. The van der Waals surface area contributed by atoms with Crippen molar-refractivity contribution in [1.82, 2.24) is 10.3 Å². The number of aromatic nitrogens is 1. The summed E-state index contributed by atoms with van der Waals surface area (Å²) in [6.45, 7) is 15.5. The van der Waals surface area contributed by atoms with Crippen molar-refractivity contribution in [2.24, 2.45) is 0 Å². The molecule has 7 rings (SSSR count). The van der Waals surface area contributed by atoms with Crippen LogP contribution in [0.4, 0.5) is 11.4 Å². The molecule has 1 heterocycles. The van der Waals surface area contributed by atoms with Gasteiger partial charge in [0.15, 0.2) is 0 Å². The molecule has 5 aromatic carbocycles. The maximum atomic E-state index is 9.85. The van der Waals surface area contributed by atoms with Crippen molar-refractivity contribution in [1.29, 1.82) is 10.8 Å². The number of anilines is 2. The van der Waals surface area contributed by atoms with Crippen molar-refractivity contribution in [2.75, 3.05) is 12.4 Å². The van der Waals surface area contributed by atoms with Gasteiger partial charge in [-0.1, -0.05) is 114 Å². The summed E-state index contributed by atoms with van der Waals surface area (Å²) in [5, 5.41) is 28.3. The third-order valence-corrected chi connectivity index (χ3v) is 10.4. The highest BCUT2D eigenvalue weighted by Gasteiger charge is 2.24. The highest BCUT2D eigenvalue weighted by Crippen LogP contribution is 2.38. The molecular weight excluding hydrogens is 647 g/mol. The van der Waals surface area contributed by atoms with E-state index >= 15 is 0 Å². The fourth-order valence-corrected chi connectivity index (χ4v) is 7.10. The van der Waals surface area contributed by atoms with Gasteiger partial charge in [-0.15, -0.1) is 0 Å². The van der Waals surface area contributed by atoms with Crippen LogP contribution in [0, 0.1) is 10.8 Å². The lowest BCUT2D eigenvalue weighted by atomic mass is 9.83. The van der Waals surface area contributed by atoms with Gasteiger partial charge in [0.2, 0.25) is 0 Å². The molecule has 0 amide bonds. The third-order valence-electron chi connectivity index (χ3n) is 10.4. The van der Waals surface area contributed by atoms with E-state index in [1.165, 1.54) is 16.5 Å². The first-order valence-corrected chi connectivity index (χ1v) is 18.4. The summed E-state index contributed by atoms with van der Waals surface area (Å²) in [5.74, 6) is 0. The number of hydrogen-bond donors (Lipinski definition) is 5. The Morgan fingerprint density at radius 1 is 0.679 bits per heavy atom. The number of benzene rings is 5. The lowest BCUT2D eigenvalue weighted by Gasteiger charge is -2.22. The van der Waals surface area contributed by atoms with E-state index in [9.17, 15) is 5.41 Å². The highest BCUT2D eigenvalue weighted by atomic mass is 14.9. The quantitative estimate of drug-likeness (QED) is 0.108. The molecule has 0 bridgehead atoms. The predicted octanol–water partition coefficient (Wildman–Crippen LogP) is 12.2. The Hall–Kier alpha value is -5.94. The number of H-pyrrole nitrogens is 1. The number of fused-ring (bicyclic) bond motifs is 3. The van der Waals surface area contributed by atoms with Crippen molar-refractivity contribution in [3.8, 4) is 11.1 Å². The number of allylic oxidation sites excluding steroid dienone is 6. The van der Waals surface area contributed by atoms with Crippen LogP contribution in [0.25, 0.3) is 38.5 Å². The van der Waals surface area contributed by atoms with Crippen LogP contribution < -0.4 is 10.6 Å². The van der Waals surface area contributed by atoms with Gasteiger partial charge < -0.3 is 15.6 Å². The van der Waals surface area contributed by atoms with Crippen LogP contribution >= 0.6 is 0 Å². The Balaban J connectivity index is 1.35. The first-order valence-electron chi connectivity index (χ1n) is 18.4. The average molecular weight is 696 g/mol. The fourth-order valence-electron chi connectivity index (χ4n) is 7.10. The van der Waals surface area contributed by atoms with Crippen LogP contribution in [0.15, 0.2) is 133 Å². The predicted molar refractivity (Wildman–Crippen MR) is 227 cm³/mol. The Morgan fingerprint density at radius 2 is 1.36 bits per heavy atom. The molecule has 0 radical (unpaired) electrons. The van der Waals surface area contributed by atoms with Crippen molar-refractivity contribution >= 4 is 50.2 Å². The van der Waals surface area contributed by atoms with Gasteiger partial charge in [0.05, 0.1) is 16.9 Å². The summed E-state index contributed by atoms with van der Waals surface area (Å²) in [4.78, 5) is 3.71. The summed E-state index contributed by atoms with van der Waals surface area (Å²) in [6, 6.07) is 36.1. The zero-order valence-corrected chi connectivity index (χ0v) is 32.0. The molecule has 0 unspecified atom stereocenters. The lowest BCUT2D eigenvalue weighted by molar-refractivity contribution is 0.590. The van der Waals surface area contributed by atoms with Gasteiger partial charge in [0, 0.05) is 62.7 Å². The van der Waals surface area contributed by atoms with E-state index in [0.717, 1.165) is 72.5 Å². The van der Waals surface area contributed by atoms with E-state index in [-0.39, 0.29) is 10.8 Å². The van der Waals surface area contributed by atoms with Crippen LogP contribution in [0.1, 0.15) is 76.3 Å². The summed E-state index contributed by atoms with van der Waals surface area (Å²) < 4.78 is 0. The van der Waals surface area contributed by atoms with E-state index in [2.05, 4.69) is 118 Å².